The quantitative estimate of drug-likeness (QED) is 0.639. The lowest BCUT2D eigenvalue weighted by atomic mass is 10.0. The predicted molar refractivity (Wildman–Crippen MR) is 106 cm³/mol. The fraction of sp³-hybridized carbons (Fsp3) is 0.500. The summed E-state index contributed by atoms with van der Waals surface area (Å²) in [5.74, 6) is 0.972. The number of allylic oxidation sites excluding steroid dienone is 1. The molecule has 0 spiro atoms. The van der Waals surface area contributed by atoms with Crippen molar-refractivity contribution in [2.75, 3.05) is 31.6 Å². The Labute approximate surface area is 155 Å². The van der Waals surface area contributed by atoms with Gasteiger partial charge in [0.05, 0.1) is 12.1 Å². The highest BCUT2D eigenvalue weighted by Crippen LogP contribution is 2.33. The standard InChI is InChI=1S/C20H29N5O/c1-4-23-20(22-3)19(21)14(2)24-11-9-16(10-12-24)25-17-8-6-5-7-15(17)13-18(25)26/h5-8,16H,4,9-13,21H2,1-3H3,(H,22,23)/b19-14-. The molecule has 6 heteroatoms. The van der Waals surface area contributed by atoms with Gasteiger partial charge in [-0.2, -0.15) is 0 Å². The zero-order chi connectivity index (χ0) is 18.7. The van der Waals surface area contributed by atoms with E-state index in [4.69, 9.17) is 5.73 Å². The number of carbonyl (C=O) groups excluding carboxylic acids is 1. The molecule has 0 aromatic heterocycles. The van der Waals surface area contributed by atoms with Crippen LogP contribution in [0.1, 0.15) is 32.3 Å². The number of benzene rings is 1. The van der Waals surface area contributed by atoms with Crippen molar-refractivity contribution in [1.82, 2.24) is 10.2 Å². The first-order valence-electron chi connectivity index (χ1n) is 9.40. The minimum absolute atomic E-state index is 0.226. The normalized spacial score (nSPS) is 19.5. The Kier molecular flexibility index (Phi) is 5.49. The first-order valence-corrected chi connectivity index (χ1v) is 9.40. The van der Waals surface area contributed by atoms with Gasteiger partial charge in [-0.05, 0) is 38.3 Å². The molecule has 0 saturated carbocycles. The molecule has 1 amide bonds. The molecule has 2 aliphatic rings. The summed E-state index contributed by atoms with van der Waals surface area (Å²) in [5, 5.41) is 3.08. The molecule has 0 radical (unpaired) electrons. The van der Waals surface area contributed by atoms with Crippen LogP contribution in [0.4, 0.5) is 5.69 Å². The number of hydrogen-bond acceptors (Lipinski definition) is 4. The lowest BCUT2D eigenvalue weighted by molar-refractivity contribution is -0.118. The molecule has 1 fully saturated rings. The third-order valence-electron chi connectivity index (χ3n) is 5.36. The molecule has 6 nitrogen and oxygen atoms in total. The average molecular weight is 355 g/mol. The number of carbonyl (C=O) groups is 1. The summed E-state index contributed by atoms with van der Waals surface area (Å²) >= 11 is 0. The fourth-order valence-corrected chi connectivity index (χ4v) is 3.94. The van der Waals surface area contributed by atoms with E-state index in [1.807, 2.05) is 31.0 Å². The van der Waals surface area contributed by atoms with Crippen molar-refractivity contribution in [2.45, 2.75) is 39.2 Å². The predicted octanol–water partition coefficient (Wildman–Crippen LogP) is 1.87. The molecule has 2 heterocycles. The van der Waals surface area contributed by atoms with Crippen LogP contribution in [-0.2, 0) is 11.2 Å². The second kappa shape index (κ2) is 7.81. The monoisotopic (exact) mass is 355 g/mol. The number of likely N-dealkylation sites (N-methyl/N-ethyl adjacent to an activating group) is 1. The zero-order valence-electron chi connectivity index (χ0n) is 16.0. The highest BCUT2D eigenvalue weighted by molar-refractivity contribution is 6.02. The number of amidine groups is 1. The Bertz CT molecular complexity index is 731. The van der Waals surface area contributed by atoms with Crippen molar-refractivity contribution >= 4 is 17.4 Å². The van der Waals surface area contributed by atoms with Gasteiger partial charge in [-0.25, -0.2) is 0 Å². The Morgan fingerprint density at radius 2 is 2.00 bits per heavy atom. The molecule has 3 N–H and O–H groups in total. The van der Waals surface area contributed by atoms with Crippen molar-refractivity contribution in [2.24, 2.45) is 10.7 Å². The van der Waals surface area contributed by atoms with Crippen LogP contribution in [0.3, 0.4) is 0 Å². The molecule has 1 aromatic carbocycles. The Hall–Kier alpha value is -2.50. The van der Waals surface area contributed by atoms with Crippen molar-refractivity contribution in [1.29, 1.82) is 0 Å². The number of likely N-dealkylation sites (tertiary alicyclic amines) is 1. The Morgan fingerprint density at radius 1 is 1.31 bits per heavy atom. The van der Waals surface area contributed by atoms with Gasteiger partial charge in [-0.15, -0.1) is 0 Å². The summed E-state index contributed by atoms with van der Waals surface area (Å²) in [7, 11) is 1.84. The third-order valence-corrected chi connectivity index (χ3v) is 5.36. The van der Waals surface area contributed by atoms with E-state index in [0.717, 1.165) is 48.7 Å². The maximum absolute atomic E-state index is 12.5. The van der Waals surface area contributed by atoms with E-state index < -0.39 is 0 Å². The van der Waals surface area contributed by atoms with E-state index in [-0.39, 0.29) is 11.9 Å². The van der Waals surface area contributed by atoms with Gasteiger partial charge in [0.2, 0.25) is 5.91 Å². The molecule has 1 saturated heterocycles. The average Bonchev–Trinajstić information content (AvgIpc) is 3.00. The van der Waals surface area contributed by atoms with Crippen LogP contribution in [-0.4, -0.2) is 49.4 Å². The van der Waals surface area contributed by atoms with E-state index >= 15 is 0 Å². The summed E-state index contributed by atoms with van der Waals surface area (Å²) in [6, 6.07) is 8.41. The molecular weight excluding hydrogens is 326 g/mol. The number of aliphatic imine (C=N–C) groups is 1. The molecule has 0 bridgehead atoms. The summed E-state index contributed by atoms with van der Waals surface area (Å²) in [5.41, 5.74) is 10.3. The SMILES string of the molecule is CC/N=C(NC)\C(N)=C(/C)N1CCC(N2C(=O)Cc3ccccc32)CC1. The number of hydrogen-bond donors (Lipinski definition) is 2. The smallest absolute Gasteiger partial charge is 0.231 e. The number of nitrogens with zero attached hydrogens (tertiary/aromatic N) is 3. The van der Waals surface area contributed by atoms with Gasteiger partial charge in [-0.3, -0.25) is 9.79 Å². The van der Waals surface area contributed by atoms with Crippen LogP contribution in [0, 0.1) is 0 Å². The minimum atomic E-state index is 0.226. The van der Waals surface area contributed by atoms with Crippen LogP contribution in [0.15, 0.2) is 40.7 Å². The van der Waals surface area contributed by atoms with Crippen LogP contribution < -0.4 is 16.0 Å². The fourth-order valence-electron chi connectivity index (χ4n) is 3.94. The van der Waals surface area contributed by atoms with E-state index in [1.165, 1.54) is 0 Å². The van der Waals surface area contributed by atoms with Gasteiger partial charge in [-0.1, -0.05) is 18.2 Å². The van der Waals surface area contributed by atoms with E-state index in [1.54, 1.807) is 0 Å². The lowest BCUT2D eigenvalue weighted by Gasteiger charge is -2.38. The van der Waals surface area contributed by atoms with E-state index in [2.05, 4.69) is 34.3 Å². The Morgan fingerprint density at radius 3 is 2.65 bits per heavy atom. The van der Waals surface area contributed by atoms with Crippen LogP contribution in [0.5, 0.6) is 0 Å². The second-order valence-electron chi connectivity index (χ2n) is 6.86. The Balaban J connectivity index is 1.70. The number of fused-ring (bicyclic) bond motifs is 1. The van der Waals surface area contributed by atoms with E-state index in [9.17, 15) is 4.79 Å². The highest BCUT2D eigenvalue weighted by atomic mass is 16.2. The van der Waals surface area contributed by atoms with Gasteiger partial charge in [0.1, 0.15) is 5.84 Å². The summed E-state index contributed by atoms with van der Waals surface area (Å²) in [6.45, 7) is 6.53. The van der Waals surface area contributed by atoms with Gasteiger partial charge >= 0.3 is 0 Å². The highest BCUT2D eigenvalue weighted by Gasteiger charge is 2.34. The number of nitrogens with two attached hydrogens (primary N) is 1. The topological polar surface area (TPSA) is 74.0 Å². The molecule has 0 unspecified atom stereocenters. The molecule has 2 aliphatic heterocycles. The first kappa shape index (κ1) is 18.3. The molecule has 0 atom stereocenters. The van der Waals surface area contributed by atoms with Crippen LogP contribution in [0.2, 0.25) is 0 Å². The zero-order valence-corrected chi connectivity index (χ0v) is 16.0. The maximum Gasteiger partial charge on any atom is 0.231 e. The van der Waals surface area contributed by atoms with Gasteiger partial charge in [0.25, 0.3) is 0 Å². The van der Waals surface area contributed by atoms with Crippen molar-refractivity contribution in [3.63, 3.8) is 0 Å². The molecule has 26 heavy (non-hydrogen) atoms. The molecule has 1 aromatic rings. The number of para-hydroxylation sites is 1. The number of anilines is 1. The van der Waals surface area contributed by atoms with Gasteiger partial charge in [0.15, 0.2) is 0 Å². The molecule has 0 aliphatic carbocycles. The first-order chi connectivity index (χ1) is 12.6. The van der Waals surface area contributed by atoms with E-state index in [0.29, 0.717) is 18.7 Å². The van der Waals surface area contributed by atoms with Crippen molar-refractivity contribution < 1.29 is 4.79 Å². The van der Waals surface area contributed by atoms with Crippen molar-refractivity contribution in [3.05, 3.63) is 41.2 Å². The van der Waals surface area contributed by atoms with Crippen LogP contribution >= 0.6 is 0 Å². The number of amides is 1. The third kappa shape index (κ3) is 3.41. The minimum Gasteiger partial charge on any atom is -0.394 e. The molecule has 140 valence electrons. The van der Waals surface area contributed by atoms with Crippen molar-refractivity contribution in [3.8, 4) is 0 Å². The summed E-state index contributed by atoms with van der Waals surface area (Å²) in [6.07, 6.45) is 2.43. The molecule has 3 rings (SSSR count). The number of rotatable bonds is 4. The van der Waals surface area contributed by atoms with Gasteiger partial charge < -0.3 is 20.9 Å². The number of nitrogens with one attached hydrogen (secondary N) is 1. The lowest BCUT2D eigenvalue weighted by Crippen LogP contribution is -2.46. The second-order valence-corrected chi connectivity index (χ2v) is 6.86. The maximum atomic E-state index is 12.5. The largest absolute Gasteiger partial charge is 0.394 e. The van der Waals surface area contributed by atoms with Crippen LogP contribution in [0.25, 0.3) is 0 Å². The summed E-state index contributed by atoms with van der Waals surface area (Å²) < 4.78 is 0. The van der Waals surface area contributed by atoms with Gasteiger partial charge in [0, 0.05) is 44.1 Å². The molecular formula is C20H29N5O. The summed E-state index contributed by atoms with van der Waals surface area (Å²) in [4.78, 5) is 21.3. The number of piperidine rings is 1.